The Morgan fingerprint density at radius 1 is 1.00 bits per heavy atom. The fourth-order valence-corrected chi connectivity index (χ4v) is 3.78. The number of aryl methyl sites for hydroxylation is 1. The maximum absolute atomic E-state index is 12.8. The van der Waals surface area contributed by atoms with Gasteiger partial charge < -0.3 is 19.0 Å². The fourth-order valence-electron chi connectivity index (χ4n) is 3.78. The van der Waals surface area contributed by atoms with Crippen molar-refractivity contribution < 1.29 is 13.9 Å². The van der Waals surface area contributed by atoms with Crippen LogP contribution in [0.5, 0.6) is 5.75 Å². The summed E-state index contributed by atoms with van der Waals surface area (Å²) in [6.07, 6.45) is 3.99. The van der Waals surface area contributed by atoms with E-state index in [0.717, 1.165) is 28.1 Å². The topological polar surface area (TPSA) is 56.4 Å². The minimum absolute atomic E-state index is 0.168. The molecule has 2 aromatic carbocycles. The van der Waals surface area contributed by atoms with Crippen molar-refractivity contribution in [2.45, 2.75) is 46.3 Å². The number of benzene rings is 2. The number of nitrogens with zero attached hydrogens (tertiary/aromatic N) is 1. The van der Waals surface area contributed by atoms with Crippen LogP contribution in [-0.4, -0.2) is 10.5 Å². The maximum Gasteiger partial charge on any atom is 0.287 e. The zero-order chi connectivity index (χ0) is 23.4. The molecule has 0 bridgehead atoms. The molecule has 0 fully saturated rings. The summed E-state index contributed by atoms with van der Waals surface area (Å²) in [7, 11) is 0. The molecule has 0 saturated carbocycles. The Hall–Kier alpha value is -3.73. The molecule has 1 amide bonds. The normalized spacial score (nSPS) is 12.0. The first-order valence-corrected chi connectivity index (χ1v) is 11.3. The fraction of sp³-hybridized carbons (Fsp3) is 0.250. The molecular formula is C28H30N2O3. The maximum atomic E-state index is 12.8. The predicted octanol–water partition coefficient (Wildman–Crippen LogP) is 6.57. The largest absolute Gasteiger partial charge is 0.485 e. The van der Waals surface area contributed by atoms with Crippen LogP contribution in [-0.2, 0) is 6.61 Å². The average Bonchev–Trinajstić information content (AvgIpc) is 3.50. The van der Waals surface area contributed by atoms with Crippen LogP contribution in [0.25, 0.3) is 5.69 Å². The molecule has 1 atom stereocenters. The second-order valence-corrected chi connectivity index (χ2v) is 8.63. The summed E-state index contributed by atoms with van der Waals surface area (Å²) in [6, 6.07) is 21.6. The second kappa shape index (κ2) is 9.82. The van der Waals surface area contributed by atoms with Crippen molar-refractivity contribution in [1.29, 1.82) is 0 Å². The standard InChI is InChI=1S/C28H30N2O3/c1-19(2)25-12-10-20(3)16-27(25)32-18-24-11-13-26(33-24)28(31)29-21(4)22-8-7-9-23(17-22)30-14-5-6-15-30/h5-17,19,21H,18H2,1-4H3,(H,29,31). The van der Waals surface area contributed by atoms with Gasteiger partial charge in [0.05, 0.1) is 6.04 Å². The first-order valence-electron chi connectivity index (χ1n) is 11.3. The zero-order valence-electron chi connectivity index (χ0n) is 19.5. The van der Waals surface area contributed by atoms with E-state index >= 15 is 0 Å². The summed E-state index contributed by atoms with van der Waals surface area (Å²) in [6.45, 7) is 8.56. The lowest BCUT2D eigenvalue weighted by Gasteiger charge is -2.15. The highest BCUT2D eigenvalue weighted by atomic mass is 16.5. The Balaban J connectivity index is 1.39. The number of hydrogen-bond donors (Lipinski definition) is 1. The third-order valence-corrected chi connectivity index (χ3v) is 5.67. The van der Waals surface area contributed by atoms with Crippen molar-refractivity contribution >= 4 is 5.91 Å². The molecule has 1 N–H and O–H groups in total. The number of hydrogen-bond acceptors (Lipinski definition) is 3. The van der Waals surface area contributed by atoms with Crippen molar-refractivity contribution in [3.05, 3.63) is 107 Å². The highest BCUT2D eigenvalue weighted by Gasteiger charge is 2.16. The molecule has 5 heteroatoms. The van der Waals surface area contributed by atoms with Gasteiger partial charge in [-0.2, -0.15) is 0 Å². The van der Waals surface area contributed by atoms with Crippen LogP contribution in [0, 0.1) is 6.92 Å². The number of amides is 1. The van der Waals surface area contributed by atoms with E-state index in [0.29, 0.717) is 11.7 Å². The van der Waals surface area contributed by atoms with Crippen LogP contribution in [0.3, 0.4) is 0 Å². The second-order valence-electron chi connectivity index (χ2n) is 8.63. The minimum Gasteiger partial charge on any atom is -0.485 e. The molecule has 2 aromatic heterocycles. The molecule has 33 heavy (non-hydrogen) atoms. The van der Waals surface area contributed by atoms with E-state index in [9.17, 15) is 4.79 Å². The molecule has 0 aliphatic heterocycles. The average molecular weight is 443 g/mol. The van der Waals surface area contributed by atoms with Crippen molar-refractivity contribution in [3.8, 4) is 11.4 Å². The summed E-state index contributed by atoms with van der Waals surface area (Å²) >= 11 is 0. The van der Waals surface area contributed by atoms with E-state index in [4.69, 9.17) is 9.15 Å². The lowest BCUT2D eigenvalue weighted by Crippen LogP contribution is -2.26. The highest BCUT2D eigenvalue weighted by molar-refractivity contribution is 5.91. The molecule has 0 aliphatic carbocycles. The molecule has 1 unspecified atom stereocenters. The quantitative estimate of drug-likeness (QED) is 0.336. The Morgan fingerprint density at radius 3 is 2.55 bits per heavy atom. The molecule has 5 nitrogen and oxygen atoms in total. The van der Waals surface area contributed by atoms with Crippen LogP contribution < -0.4 is 10.1 Å². The number of carbonyl (C=O) groups is 1. The smallest absolute Gasteiger partial charge is 0.287 e. The van der Waals surface area contributed by atoms with Gasteiger partial charge in [-0.25, -0.2) is 0 Å². The van der Waals surface area contributed by atoms with Gasteiger partial charge in [0, 0.05) is 18.1 Å². The third-order valence-electron chi connectivity index (χ3n) is 5.67. The number of ether oxygens (including phenoxy) is 1. The molecule has 4 rings (SSSR count). The SMILES string of the molecule is Cc1ccc(C(C)C)c(OCc2ccc(C(=O)NC(C)c3cccc(-n4cccc4)c3)o2)c1. The van der Waals surface area contributed by atoms with Crippen molar-refractivity contribution in [3.63, 3.8) is 0 Å². The van der Waals surface area contributed by atoms with E-state index in [1.54, 1.807) is 12.1 Å². The van der Waals surface area contributed by atoms with Crippen molar-refractivity contribution in [2.24, 2.45) is 0 Å². The zero-order valence-corrected chi connectivity index (χ0v) is 19.5. The molecule has 0 saturated heterocycles. The van der Waals surface area contributed by atoms with Gasteiger partial charge in [-0.3, -0.25) is 4.79 Å². The summed E-state index contributed by atoms with van der Waals surface area (Å²) in [4.78, 5) is 12.8. The number of nitrogens with one attached hydrogen (secondary N) is 1. The van der Waals surface area contributed by atoms with Gasteiger partial charge in [-0.15, -0.1) is 0 Å². The minimum atomic E-state index is -0.251. The molecule has 170 valence electrons. The summed E-state index contributed by atoms with van der Waals surface area (Å²) < 4.78 is 13.8. The molecule has 0 aliphatic rings. The van der Waals surface area contributed by atoms with E-state index in [-0.39, 0.29) is 24.3 Å². The molecular weight excluding hydrogens is 412 g/mol. The van der Waals surface area contributed by atoms with Crippen molar-refractivity contribution in [1.82, 2.24) is 9.88 Å². The predicted molar refractivity (Wildman–Crippen MR) is 130 cm³/mol. The van der Waals surface area contributed by atoms with Gasteiger partial charge in [0.2, 0.25) is 0 Å². The Kier molecular flexibility index (Phi) is 6.68. The van der Waals surface area contributed by atoms with Gasteiger partial charge in [0.25, 0.3) is 5.91 Å². The third kappa shape index (κ3) is 5.37. The van der Waals surface area contributed by atoms with Crippen LogP contribution in [0.2, 0.25) is 0 Å². The van der Waals surface area contributed by atoms with Gasteiger partial charge in [0.15, 0.2) is 5.76 Å². The van der Waals surface area contributed by atoms with Crippen molar-refractivity contribution in [2.75, 3.05) is 0 Å². The number of carbonyl (C=O) groups excluding carboxylic acids is 1. The van der Waals surface area contributed by atoms with Gasteiger partial charge >= 0.3 is 0 Å². The van der Waals surface area contributed by atoms with Gasteiger partial charge in [-0.1, -0.05) is 38.1 Å². The molecule has 0 spiro atoms. The number of rotatable bonds is 8. The van der Waals surface area contributed by atoms with E-state index in [1.807, 2.05) is 67.2 Å². The summed E-state index contributed by atoms with van der Waals surface area (Å²) in [5, 5.41) is 3.02. The Bertz CT molecular complexity index is 1220. The summed E-state index contributed by atoms with van der Waals surface area (Å²) in [5.41, 5.74) is 4.36. The van der Waals surface area contributed by atoms with E-state index < -0.39 is 0 Å². The monoisotopic (exact) mass is 442 g/mol. The van der Waals surface area contributed by atoms with Crippen LogP contribution >= 0.6 is 0 Å². The van der Waals surface area contributed by atoms with Gasteiger partial charge in [0.1, 0.15) is 18.1 Å². The molecule has 2 heterocycles. The van der Waals surface area contributed by atoms with E-state index in [1.165, 1.54) is 0 Å². The lowest BCUT2D eigenvalue weighted by molar-refractivity contribution is 0.0907. The van der Waals surface area contributed by atoms with Crippen LogP contribution in [0.1, 0.15) is 65.7 Å². The van der Waals surface area contributed by atoms with E-state index in [2.05, 4.69) is 37.4 Å². The highest BCUT2D eigenvalue weighted by Crippen LogP contribution is 2.28. The van der Waals surface area contributed by atoms with Crippen LogP contribution in [0.15, 0.2) is 83.5 Å². The molecule has 0 radical (unpaired) electrons. The first-order chi connectivity index (χ1) is 15.9. The lowest BCUT2D eigenvalue weighted by atomic mass is 10.0. The number of aromatic nitrogens is 1. The van der Waals surface area contributed by atoms with Gasteiger partial charge in [-0.05, 0) is 78.9 Å². The van der Waals surface area contributed by atoms with Crippen LogP contribution in [0.4, 0.5) is 0 Å². The summed E-state index contributed by atoms with van der Waals surface area (Å²) in [5.74, 6) is 1.84. The number of furan rings is 1. The first kappa shape index (κ1) is 22.5. The Morgan fingerprint density at radius 2 is 1.79 bits per heavy atom. The Labute approximate surface area is 195 Å². The molecule has 4 aromatic rings.